The molecule has 4 heterocycles. The van der Waals surface area contributed by atoms with Crippen molar-refractivity contribution in [3.8, 4) is 22.5 Å². The van der Waals surface area contributed by atoms with Crippen molar-refractivity contribution >= 4 is 23.2 Å². The number of carbonyl (C=O) groups excluding carboxylic acids is 1. The van der Waals surface area contributed by atoms with E-state index in [-0.39, 0.29) is 57.2 Å². The molecule has 2 aromatic carbocycles. The van der Waals surface area contributed by atoms with Crippen LogP contribution >= 0.6 is 0 Å². The van der Waals surface area contributed by atoms with Gasteiger partial charge in [0.05, 0.1) is 40.5 Å². The van der Waals surface area contributed by atoms with Crippen molar-refractivity contribution in [1.29, 1.82) is 0 Å². The van der Waals surface area contributed by atoms with Crippen molar-refractivity contribution < 1.29 is 45.8 Å². The molecule has 0 fully saturated rings. The summed E-state index contributed by atoms with van der Waals surface area (Å²) in [5.41, 5.74) is -0.841. The second-order valence-electron chi connectivity index (χ2n) is 10.2. The third-order valence-electron chi connectivity index (χ3n) is 7.03. The van der Waals surface area contributed by atoms with Gasteiger partial charge in [-0.1, -0.05) is 36.4 Å². The highest BCUT2D eigenvalue weighted by Gasteiger charge is 2.35. The minimum Gasteiger partial charge on any atom is -0.477 e. The topological polar surface area (TPSA) is 124 Å². The van der Waals surface area contributed by atoms with Crippen LogP contribution in [0.25, 0.3) is 33.8 Å². The second kappa shape index (κ2) is 12.8. The van der Waals surface area contributed by atoms with Crippen LogP contribution in [0.4, 0.5) is 26.3 Å². The molecule has 10 nitrogen and oxygen atoms in total. The molecular weight excluding hydrogens is 646 g/mol. The maximum absolute atomic E-state index is 13.2. The van der Waals surface area contributed by atoms with E-state index in [2.05, 4.69) is 20.2 Å². The van der Waals surface area contributed by atoms with Gasteiger partial charge in [-0.3, -0.25) is 0 Å². The van der Waals surface area contributed by atoms with Gasteiger partial charge in [-0.25, -0.2) is 28.6 Å². The van der Waals surface area contributed by atoms with Crippen molar-refractivity contribution in [2.24, 2.45) is 0 Å². The first-order chi connectivity index (χ1) is 22.6. The lowest BCUT2D eigenvalue weighted by Gasteiger charge is -2.12. The van der Waals surface area contributed by atoms with E-state index in [1.165, 1.54) is 76.9 Å². The fourth-order valence-electron chi connectivity index (χ4n) is 4.98. The molecule has 1 N–H and O–H groups in total. The van der Waals surface area contributed by atoms with Crippen LogP contribution in [-0.4, -0.2) is 52.8 Å². The molecule has 0 amide bonds. The first-order valence-electron chi connectivity index (χ1n) is 14.1. The Morgan fingerprint density at radius 3 is 1.54 bits per heavy atom. The lowest BCUT2D eigenvalue weighted by atomic mass is 10.0. The number of aryl methyl sites for hydroxylation is 2. The van der Waals surface area contributed by atoms with Crippen LogP contribution in [0.1, 0.15) is 50.2 Å². The summed E-state index contributed by atoms with van der Waals surface area (Å²) in [5.74, 6) is -1.84. The Morgan fingerprint density at radius 2 is 1.12 bits per heavy atom. The Labute approximate surface area is 267 Å². The van der Waals surface area contributed by atoms with E-state index in [0.717, 1.165) is 12.1 Å². The zero-order valence-corrected chi connectivity index (χ0v) is 25.3. The molecule has 0 saturated heterocycles. The van der Waals surface area contributed by atoms with E-state index >= 15 is 0 Å². The molecule has 0 unspecified atom stereocenters. The smallest absolute Gasteiger partial charge is 0.417 e. The van der Waals surface area contributed by atoms with Gasteiger partial charge in [-0.15, -0.1) is 0 Å². The van der Waals surface area contributed by atoms with Crippen molar-refractivity contribution in [3.63, 3.8) is 0 Å². The Hall–Kier alpha value is -5.80. The zero-order valence-electron chi connectivity index (χ0n) is 25.3. The quantitative estimate of drug-likeness (QED) is 0.150. The number of carboxylic acids is 1. The summed E-state index contributed by atoms with van der Waals surface area (Å²) in [6.45, 7) is 4.95. The summed E-state index contributed by atoms with van der Waals surface area (Å²) in [6, 6.07) is 13.0. The maximum atomic E-state index is 13.2. The SMILES string of the molecule is CCOC(=O)c1c(C)nn2ccc(-c3ccccc3C(F)(F)F)nc12.Cc1nn2ccc(-c3ccccc3C(F)(F)F)nc2c1C(=O)O. The third-order valence-corrected chi connectivity index (χ3v) is 7.03. The standard InChI is InChI=1S/C17H14F3N3O2.C15H10F3N3O2/c1-3-25-16(24)14-10(2)22-23-9-8-13(21-15(14)23)11-6-4-5-7-12(11)17(18,19)20;1-8-12(14(22)23)13-19-11(6-7-21(13)20-8)9-4-2-3-5-10(9)15(16,17)18/h4-9H,3H2,1-2H3;2-7H,1H3,(H,22,23). The zero-order chi connectivity index (χ0) is 35.0. The number of benzene rings is 2. The predicted octanol–water partition coefficient (Wildman–Crippen LogP) is 7.32. The summed E-state index contributed by atoms with van der Waals surface area (Å²) in [4.78, 5) is 31.7. The van der Waals surface area contributed by atoms with Crippen molar-refractivity contribution in [2.75, 3.05) is 6.61 Å². The number of nitrogens with zero attached hydrogens (tertiary/aromatic N) is 6. The number of esters is 1. The Morgan fingerprint density at radius 1 is 0.708 bits per heavy atom. The van der Waals surface area contributed by atoms with Gasteiger partial charge >= 0.3 is 24.3 Å². The fourth-order valence-corrected chi connectivity index (χ4v) is 4.98. The number of fused-ring (bicyclic) bond motifs is 2. The van der Waals surface area contributed by atoms with E-state index < -0.39 is 35.4 Å². The fraction of sp³-hybridized carbons (Fsp3) is 0.188. The molecule has 4 aromatic heterocycles. The van der Waals surface area contributed by atoms with Gasteiger partial charge in [0, 0.05) is 23.5 Å². The second-order valence-corrected chi connectivity index (χ2v) is 10.2. The minimum absolute atomic E-state index is 0.00415. The molecule has 0 aliphatic heterocycles. The van der Waals surface area contributed by atoms with Crippen molar-refractivity contribution in [1.82, 2.24) is 29.2 Å². The molecule has 0 atom stereocenters. The number of aromatic carboxylic acids is 1. The lowest BCUT2D eigenvalue weighted by molar-refractivity contribution is -0.137. The number of hydrogen-bond donors (Lipinski definition) is 1. The minimum atomic E-state index is -4.53. The number of halogens is 6. The Bertz CT molecular complexity index is 2170. The average Bonchev–Trinajstić information content (AvgIpc) is 3.54. The highest BCUT2D eigenvalue weighted by atomic mass is 19.4. The van der Waals surface area contributed by atoms with Gasteiger partial charge < -0.3 is 9.84 Å². The summed E-state index contributed by atoms with van der Waals surface area (Å²) in [7, 11) is 0. The molecule has 0 aliphatic carbocycles. The van der Waals surface area contributed by atoms with E-state index in [4.69, 9.17) is 4.74 Å². The van der Waals surface area contributed by atoms with E-state index in [1.54, 1.807) is 13.8 Å². The monoisotopic (exact) mass is 670 g/mol. The van der Waals surface area contributed by atoms with Crippen LogP contribution < -0.4 is 0 Å². The van der Waals surface area contributed by atoms with Crippen LogP contribution in [0.5, 0.6) is 0 Å². The van der Waals surface area contributed by atoms with Crippen LogP contribution in [0.3, 0.4) is 0 Å². The first-order valence-corrected chi connectivity index (χ1v) is 14.1. The van der Waals surface area contributed by atoms with Crippen LogP contribution in [0, 0.1) is 13.8 Å². The van der Waals surface area contributed by atoms with E-state index in [9.17, 15) is 41.0 Å². The molecule has 48 heavy (non-hydrogen) atoms. The molecule has 6 aromatic rings. The molecule has 0 radical (unpaired) electrons. The van der Waals surface area contributed by atoms with Gasteiger partial charge in [0.2, 0.25) is 0 Å². The van der Waals surface area contributed by atoms with Crippen molar-refractivity contribution in [3.05, 3.63) is 107 Å². The summed E-state index contributed by atoms with van der Waals surface area (Å²) < 4.78 is 86.7. The highest BCUT2D eigenvalue weighted by molar-refractivity contribution is 5.97. The molecule has 0 aliphatic rings. The number of hydrogen-bond acceptors (Lipinski definition) is 7. The predicted molar refractivity (Wildman–Crippen MR) is 159 cm³/mol. The van der Waals surface area contributed by atoms with Crippen LogP contribution in [-0.2, 0) is 17.1 Å². The highest BCUT2D eigenvalue weighted by Crippen LogP contribution is 2.37. The number of ether oxygens (including phenoxy) is 1. The molecule has 0 bridgehead atoms. The first kappa shape index (κ1) is 33.6. The normalized spacial score (nSPS) is 11.8. The molecule has 16 heteroatoms. The van der Waals surface area contributed by atoms with Crippen LogP contribution in [0.2, 0.25) is 0 Å². The molecule has 6 rings (SSSR count). The summed E-state index contributed by atoms with van der Waals surface area (Å²) in [6.07, 6.45) is -6.18. The Kier molecular flexibility index (Phi) is 8.93. The molecule has 0 spiro atoms. The average molecular weight is 671 g/mol. The van der Waals surface area contributed by atoms with Crippen molar-refractivity contribution in [2.45, 2.75) is 33.1 Å². The largest absolute Gasteiger partial charge is 0.477 e. The Balaban J connectivity index is 0.000000188. The summed E-state index contributed by atoms with van der Waals surface area (Å²) >= 11 is 0. The van der Waals surface area contributed by atoms with Gasteiger partial charge in [0.25, 0.3) is 0 Å². The lowest BCUT2D eigenvalue weighted by Crippen LogP contribution is -2.08. The number of carbonyl (C=O) groups is 2. The molecule has 248 valence electrons. The molecular formula is C32H24F6N6O4. The maximum Gasteiger partial charge on any atom is 0.417 e. The van der Waals surface area contributed by atoms with Crippen LogP contribution in [0.15, 0.2) is 73.1 Å². The van der Waals surface area contributed by atoms with Gasteiger partial charge in [-0.2, -0.15) is 36.5 Å². The number of aromatic nitrogens is 6. The van der Waals surface area contributed by atoms with Gasteiger partial charge in [0.15, 0.2) is 11.3 Å². The third kappa shape index (κ3) is 6.54. The number of rotatable bonds is 5. The van der Waals surface area contributed by atoms with Gasteiger partial charge in [-0.05, 0) is 45.0 Å². The number of alkyl halides is 6. The van der Waals surface area contributed by atoms with E-state index in [0.29, 0.717) is 5.69 Å². The summed E-state index contributed by atoms with van der Waals surface area (Å²) in [5, 5.41) is 17.4. The van der Waals surface area contributed by atoms with Gasteiger partial charge in [0.1, 0.15) is 11.1 Å². The molecule has 0 saturated carbocycles. The number of carboxylic acid groups (broad SMARTS) is 1. The van der Waals surface area contributed by atoms with E-state index in [1.807, 2.05) is 0 Å².